The molecular weight excluding hydrogens is 236 g/mol. The van der Waals surface area contributed by atoms with Crippen molar-refractivity contribution in [2.24, 2.45) is 5.41 Å². The van der Waals surface area contributed by atoms with E-state index in [0.717, 1.165) is 11.3 Å². The maximum absolute atomic E-state index is 12.4. The van der Waals surface area contributed by atoms with E-state index in [1.54, 1.807) is 0 Å². The van der Waals surface area contributed by atoms with E-state index < -0.39 is 0 Å². The van der Waals surface area contributed by atoms with Crippen LogP contribution in [0.3, 0.4) is 0 Å². The normalized spacial score (nSPS) is 11.7. The molecule has 0 radical (unpaired) electrons. The number of nitrogens with zero attached hydrogens (tertiary/aromatic N) is 1. The highest BCUT2D eigenvalue weighted by molar-refractivity contribution is 5.77. The van der Waals surface area contributed by atoms with Gasteiger partial charge in [0.2, 0.25) is 5.91 Å². The summed E-state index contributed by atoms with van der Waals surface area (Å²) in [6.45, 7) is 11.0. The quantitative estimate of drug-likeness (QED) is 0.845. The lowest BCUT2D eigenvalue weighted by atomic mass is 9.91. The largest absolute Gasteiger partial charge is 0.399 e. The molecule has 0 atom stereocenters. The predicted molar refractivity (Wildman–Crippen MR) is 80.6 cm³/mol. The molecule has 0 unspecified atom stereocenters. The number of hydrogen-bond donors (Lipinski definition) is 1. The van der Waals surface area contributed by atoms with Crippen LogP contribution in [0.4, 0.5) is 5.69 Å². The highest BCUT2D eigenvalue weighted by Crippen LogP contribution is 2.22. The maximum atomic E-state index is 12.4. The standard InChI is InChI=1S/C16H26N2O/c1-12(2)18(15(19)10-16(3,4)5)11-13-6-8-14(17)9-7-13/h6-9,12H,10-11,17H2,1-5H3. The van der Waals surface area contributed by atoms with Gasteiger partial charge in [-0.25, -0.2) is 0 Å². The van der Waals surface area contributed by atoms with Crippen molar-refractivity contribution >= 4 is 11.6 Å². The Morgan fingerprint density at radius 1 is 1.21 bits per heavy atom. The van der Waals surface area contributed by atoms with Gasteiger partial charge >= 0.3 is 0 Å². The fourth-order valence-electron chi connectivity index (χ4n) is 1.93. The second kappa shape index (κ2) is 6.09. The summed E-state index contributed by atoms with van der Waals surface area (Å²) in [5.74, 6) is 0.208. The highest BCUT2D eigenvalue weighted by Gasteiger charge is 2.23. The van der Waals surface area contributed by atoms with Gasteiger partial charge in [0.05, 0.1) is 0 Å². The first kappa shape index (κ1) is 15.5. The molecule has 0 heterocycles. The van der Waals surface area contributed by atoms with Crippen molar-refractivity contribution in [3.8, 4) is 0 Å². The lowest BCUT2D eigenvalue weighted by Crippen LogP contribution is -2.38. The van der Waals surface area contributed by atoms with Crippen LogP contribution < -0.4 is 5.73 Å². The Hall–Kier alpha value is -1.51. The lowest BCUT2D eigenvalue weighted by molar-refractivity contribution is -0.135. The molecule has 106 valence electrons. The van der Waals surface area contributed by atoms with Crippen molar-refractivity contribution in [2.75, 3.05) is 5.73 Å². The van der Waals surface area contributed by atoms with Gasteiger partial charge in [-0.2, -0.15) is 0 Å². The van der Waals surface area contributed by atoms with Crippen molar-refractivity contribution in [1.82, 2.24) is 4.90 Å². The molecule has 0 aliphatic carbocycles. The second-order valence-electron chi connectivity index (χ2n) is 6.59. The van der Waals surface area contributed by atoms with Gasteiger partial charge in [0.15, 0.2) is 0 Å². The van der Waals surface area contributed by atoms with Crippen LogP contribution in [0.1, 0.15) is 46.6 Å². The van der Waals surface area contributed by atoms with E-state index in [4.69, 9.17) is 5.73 Å². The van der Waals surface area contributed by atoms with Gasteiger partial charge in [-0.15, -0.1) is 0 Å². The Labute approximate surface area is 116 Å². The van der Waals surface area contributed by atoms with Crippen LogP contribution in [0, 0.1) is 5.41 Å². The molecule has 3 heteroatoms. The monoisotopic (exact) mass is 262 g/mol. The molecule has 1 amide bonds. The molecule has 0 aromatic heterocycles. The minimum Gasteiger partial charge on any atom is -0.399 e. The van der Waals surface area contributed by atoms with Crippen LogP contribution >= 0.6 is 0 Å². The van der Waals surface area contributed by atoms with Crippen LogP contribution in [-0.2, 0) is 11.3 Å². The summed E-state index contributed by atoms with van der Waals surface area (Å²) in [6.07, 6.45) is 0.570. The fraction of sp³-hybridized carbons (Fsp3) is 0.562. The van der Waals surface area contributed by atoms with Crippen LogP contribution in [-0.4, -0.2) is 16.8 Å². The third kappa shape index (κ3) is 5.33. The molecule has 0 saturated carbocycles. The minimum absolute atomic E-state index is 0.0192. The second-order valence-corrected chi connectivity index (χ2v) is 6.59. The molecule has 0 bridgehead atoms. The molecular formula is C16H26N2O. The average molecular weight is 262 g/mol. The number of nitrogens with two attached hydrogens (primary N) is 1. The molecule has 0 spiro atoms. The van der Waals surface area contributed by atoms with Crippen molar-refractivity contribution in [2.45, 2.75) is 53.6 Å². The van der Waals surface area contributed by atoms with Gasteiger partial charge in [0.25, 0.3) is 0 Å². The summed E-state index contributed by atoms with van der Waals surface area (Å²) in [4.78, 5) is 14.3. The molecule has 1 aromatic rings. The molecule has 2 N–H and O–H groups in total. The first-order valence-corrected chi connectivity index (χ1v) is 6.83. The summed E-state index contributed by atoms with van der Waals surface area (Å²) in [5.41, 5.74) is 7.57. The Balaban J connectivity index is 2.78. The Bertz CT molecular complexity index is 415. The van der Waals surface area contributed by atoms with Crippen LogP contribution in [0.25, 0.3) is 0 Å². The van der Waals surface area contributed by atoms with Crippen molar-refractivity contribution < 1.29 is 4.79 Å². The predicted octanol–water partition coefficient (Wildman–Crippen LogP) is 3.44. The Morgan fingerprint density at radius 2 is 1.74 bits per heavy atom. The van der Waals surface area contributed by atoms with Crippen molar-refractivity contribution in [3.05, 3.63) is 29.8 Å². The zero-order valence-corrected chi connectivity index (χ0v) is 12.7. The summed E-state index contributed by atoms with van der Waals surface area (Å²) in [7, 11) is 0. The van der Waals surface area contributed by atoms with Gasteiger partial charge in [-0.05, 0) is 37.0 Å². The smallest absolute Gasteiger partial charge is 0.223 e. The summed E-state index contributed by atoms with van der Waals surface area (Å²) in [6, 6.07) is 7.92. The van der Waals surface area contributed by atoms with Crippen molar-refractivity contribution in [1.29, 1.82) is 0 Å². The van der Waals surface area contributed by atoms with E-state index in [9.17, 15) is 4.79 Å². The Morgan fingerprint density at radius 3 is 2.16 bits per heavy atom. The van der Waals surface area contributed by atoms with E-state index >= 15 is 0 Å². The van der Waals surface area contributed by atoms with E-state index in [1.807, 2.05) is 29.2 Å². The van der Waals surface area contributed by atoms with Crippen LogP contribution in [0.15, 0.2) is 24.3 Å². The lowest BCUT2D eigenvalue weighted by Gasteiger charge is -2.30. The van der Waals surface area contributed by atoms with Gasteiger partial charge < -0.3 is 10.6 Å². The van der Waals surface area contributed by atoms with Crippen molar-refractivity contribution in [3.63, 3.8) is 0 Å². The van der Waals surface area contributed by atoms with Gasteiger partial charge in [-0.1, -0.05) is 32.9 Å². The number of carbonyl (C=O) groups is 1. The fourth-order valence-corrected chi connectivity index (χ4v) is 1.93. The molecule has 0 aliphatic rings. The first-order valence-electron chi connectivity index (χ1n) is 6.83. The van der Waals surface area contributed by atoms with Gasteiger partial charge in [0, 0.05) is 24.7 Å². The van der Waals surface area contributed by atoms with Crippen LogP contribution in [0.5, 0.6) is 0 Å². The summed E-state index contributed by atoms with van der Waals surface area (Å²) >= 11 is 0. The van der Waals surface area contributed by atoms with Crippen LogP contribution in [0.2, 0.25) is 0 Å². The number of hydrogen-bond acceptors (Lipinski definition) is 2. The molecule has 19 heavy (non-hydrogen) atoms. The molecule has 1 rings (SSSR count). The highest BCUT2D eigenvalue weighted by atomic mass is 16.2. The molecule has 1 aromatic carbocycles. The number of carbonyl (C=O) groups excluding carboxylic acids is 1. The minimum atomic E-state index is 0.0192. The van der Waals surface area contributed by atoms with E-state index in [0.29, 0.717) is 13.0 Å². The zero-order valence-electron chi connectivity index (χ0n) is 12.7. The Kier molecular flexibility index (Phi) is 4.98. The summed E-state index contributed by atoms with van der Waals surface area (Å²) < 4.78 is 0. The van der Waals surface area contributed by atoms with E-state index in [-0.39, 0.29) is 17.4 Å². The number of amides is 1. The zero-order chi connectivity index (χ0) is 14.6. The third-order valence-corrected chi connectivity index (χ3v) is 2.96. The molecule has 0 fully saturated rings. The third-order valence-electron chi connectivity index (χ3n) is 2.96. The first-order chi connectivity index (χ1) is 8.69. The topological polar surface area (TPSA) is 46.3 Å². The van der Waals surface area contributed by atoms with Gasteiger partial charge in [0.1, 0.15) is 0 Å². The molecule has 0 aliphatic heterocycles. The number of anilines is 1. The maximum Gasteiger partial charge on any atom is 0.223 e. The number of rotatable bonds is 4. The van der Waals surface area contributed by atoms with Gasteiger partial charge in [-0.3, -0.25) is 4.79 Å². The molecule has 0 saturated heterocycles. The number of benzene rings is 1. The SMILES string of the molecule is CC(C)N(Cc1ccc(N)cc1)C(=O)CC(C)(C)C. The summed E-state index contributed by atoms with van der Waals surface area (Å²) in [5, 5.41) is 0. The average Bonchev–Trinajstić information content (AvgIpc) is 2.25. The van der Waals surface area contributed by atoms with E-state index in [2.05, 4.69) is 34.6 Å². The number of nitrogen functional groups attached to an aromatic ring is 1. The van der Waals surface area contributed by atoms with E-state index in [1.165, 1.54) is 0 Å². The molecule has 3 nitrogen and oxygen atoms in total.